The lowest BCUT2D eigenvalue weighted by Crippen LogP contribution is -2.48. The predicted molar refractivity (Wildman–Crippen MR) is 162 cm³/mol. The van der Waals surface area contributed by atoms with E-state index in [1.807, 2.05) is 96.8 Å². The van der Waals surface area contributed by atoms with Crippen LogP contribution in [0.5, 0.6) is 0 Å². The van der Waals surface area contributed by atoms with E-state index in [1.54, 1.807) is 22.8 Å². The van der Waals surface area contributed by atoms with Gasteiger partial charge >= 0.3 is 6.09 Å². The largest absolute Gasteiger partial charge is 0.443 e. The number of aromatic nitrogens is 4. The highest BCUT2D eigenvalue weighted by atomic mass is 79.9. The number of aryl methyl sites for hydroxylation is 2. The highest BCUT2D eigenvalue weighted by Crippen LogP contribution is 2.37. The van der Waals surface area contributed by atoms with Crippen LogP contribution in [-0.4, -0.2) is 44.0 Å². The molecule has 2 aromatic heterocycles. The van der Waals surface area contributed by atoms with Crippen molar-refractivity contribution in [3.8, 4) is 11.4 Å². The second kappa shape index (κ2) is 10.8. The average Bonchev–Trinajstić information content (AvgIpc) is 3.19. The van der Waals surface area contributed by atoms with Gasteiger partial charge in [0, 0.05) is 36.9 Å². The zero-order chi connectivity index (χ0) is 29.6. The standard InChI is InChI=1S/C30H36BrFN6O2/c1-10-18-15-22(26-34-27(31)35-37(26)9)24(32)23(16-18)36(8)20-11-12-21-19(17-20)13-14-33-25(21)38(29(2,3)4)28(39)40-30(5,6)7/h11-17H,10H2,1-9H3. The summed E-state index contributed by atoms with van der Waals surface area (Å²) in [6.45, 7) is 13.4. The van der Waals surface area contributed by atoms with Crippen LogP contribution >= 0.6 is 15.9 Å². The van der Waals surface area contributed by atoms with Gasteiger partial charge in [0.1, 0.15) is 11.4 Å². The summed E-state index contributed by atoms with van der Waals surface area (Å²) in [6, 6.07) is 11.3. The van der Waals surface area contributed by atoms with E-state index in [1.165, 1.54) is 0 Å². The zero-order valence-corrected chi connectivity index (χ0v) is 26.1. The molecule has 0 radical (unpaired) electrons. The summed E-state index contributed by atoms with van der Waals surface area (Å²) in [5, 5.41) is 5.86. The van der Waals surface area contributed by atoms with Crippen LogP contribution in [-0.2, 0) is 18.2 Å². The highest BCUT2D eigenvalue weighted by Gasteiger charge is 2.34. The molecule has 8 nitrogen and oxygen atoms in total. The van der Waals surface area contributed by atoms with Crippen molar-refractivity contribution in [2.45, 2.75) is 66.0 Å². The van der Waals surface area contributed by atoms with Gasteiger partial charge in [0.25, 0.3) is 0 Å². The van der Waals surface area contributed by atoms with E-state index in [0.717, 1.165) is 28.4 Å². The summed E-state index contributed by atoms with van der Waals surface area (Å²) in [6.07, 6.45) is 1.93. The van der Waals surface area contributed by atoms with Crippen LogP contribution in [0.4, 0.5) is 26.4 Å². The van der Waals surface area contributed by atoms with Crippen molar-refractivity contribution < 1.29 is 13.9 Å². The molecule has 0 saturated heterocycles. The first-order valence-electron chi connectivity index (χ1n) is 13.2. The van der Waals surface area contributed by atoms with E-state index in [-0.39, 0.29) is 5.82 Å². The number of carbonyl (C=O) groups excluding carboxylic acids is 1. The minimum absolute atomic E-state index is 0.382. The molecule has 2 aromatic carbocycles. The third-order valence-corrected chi connectivity index (χ3v) is 6.77. The quantitative estimate of drug-likeness (QED) is 0.229. The van der Waals surface area contributed by atoms with Gasteiger partial charge in [-0.25, -0.2) is 23.8 Å². The fourth-order valence-electron chi connectivity index (χ4n) is 4.53. The molecule has 0 aliphatic rings. The van der Waals surface area contributed by atoms with Gasteiger partial charge in [0.05, 0.1) is 11.3 Å². The molecular formula is C30H36BrFN6O2. The second-order valence-electron chi connectivity index (χ2n) is 11.7. The molecule has 4 aromatic rings. The molecule has 0 aliphatic carbocycles. The van der Waals surface area contributed by atoms with Crippen LogP contribution in [0.15, 0.2) is 47.3 Å². The Morgan fingerprint density at radius 3 is 2.38 bits per heavy atom. The summed E-state index contributed by atoms with van der Waals surface area (Å²) in [5.74, 6) is 0.553. The Balaban J connectivity index is 1.80. The fraction of sp³-hybridized carbons (Fsp3) is 0.400. The van der Waals surface area contributed by atoms with Crippen molar-refractivity contribution in [3.05, 3.63) is 58.7 Å². The van der Waals surface area contributed by atoms with Crippen LogP contribution in [0.2, 0.25) is 0 Å². The molecule has 0 atom stereocenters. The Kier molecular flexibility index (Phi) is 7.95. The maximum Gasteiger partial charge on any atom is 0.416 e. The van der Waals surface area contributed by atoms with Gasteiger partial charge in [0.2, 0.25) is 4.73 Å². The van der Waals surface area contributed by atoms with Gasteiger partial charge in [-0.2, -0.15) is 0 Å². The van der Waals surface area contributed by atoms with Crippen molar-refractivity contribution in [3.63, 3.8) is 0 Å². The Labute approximate surface area is 243 Å². The number of fused-ring (bicyclic) bond motifs is 1. The van der Waals surface area contributed by atoms with Crippen LogP contribution < -0.4 is 9.80 Å². The van der Waals surface area contributed by atoms with E-state index < -0.39 is 17.2 Å². The number of ether oxygens (including phenoxy) is 1. The monoisotopic (exact) mass is 610 g/mol. The van der Waals surface area contributed by atoms with E-state index in [9.17, 15) is 4.79 Å². The van der Waals surface area contributed by atoms with E-state index in [2.05, 4.69) is 31.0 Å². The molecule has 40 heavy (non-hydrogen) atoms. The van der Waals surface area contributed by atoms with Crippen LogP contribution in [0.3, 0.4) is 0 Å². The van der Waals surface area contributed by atoms with Crippen molar-refractivity contribution in [2.24, 2.45) is 7.05 Å². The predicted octanol–water partition coefficient (Wildman–Crippen LogP) is 7.80. The number of amides is 1. The van der Waals surface area contributed by atoms with Crippen molar-refractivity contribution in [1.29, 1.82) is 0 Å². The van der Waals surface area contributed by atoms with Gasteiger partial charge in [0.15, 0.2) is 11.6 Å². The number of hydrogen-bond donors (Lipinski definition) is 0. The Morgan fingerprint density at radius 2 is 1.80 bits per heavy atom. The fourth-order valence-corrected chi connectivity index (χ4v) is 4.93. The number of benzene rings is 2. The SMILES string of the molecule is CCc1cc(-c2nc(Br)nn2C)c(F)c(N(C)c2ccc3c(N(C(=O)OC(C)(C)C)C(C)(C)C)nccc3c2)c1. The third-order valence-electron chi connectivity index (χ3n) is 6.43. The number of halogens is 2. The molecule has 0 bridgehead atoms. The topological polar surface area (TPSA) is 76.4 Å². The van der Waals surface area contributed by atoms with Gasteiger partial charge in [-0.05, 0) is 111 Å². The van der Waals surface area contributed by atoms with E-state index in [0.29, 0.717) is 27.6 Å². The first kappa shape index (κ1) is 29.5. The normalized spacial score (nSPS) is 12.1. The third kappa shape index (κ3) is 5.96. The number of rotatable bonds is 5. The number of hydrogen-bond acceptors (Lipinski definition) is 6. The molecule has 0 aliphatic heterocycles. The van der Waals surface area contributed by atoms with Crippen LogP contribution in [0, 0.1) is 5.82 Å². The zero-order valence-electron chi connectivity index (χ0n) is 24.5. The molecule has 1 amide bonds. The molecular weight excluding hydrogens is 575 g/mol. The van der Waals surface area contributed by atoms with Crippen LogP contribution in [0.25, 0.3) is 22.2 Å². The van der Waals surface area contributed by atoms with Gasteiger partial charge in [-0.1, -0.05) is 6.92 Å². The summed E-state index contributed by atoms with van der Waals surface area (Å²) >= 11 is 3.29. The van der Waals surface area contributed by atoms with Crippen LogP contribution in [0.1, 0.15) is 54.0 Å². The molecule has 0 N–H and O–H groups in total. The molecule has 212 valence electrons. The lowest BCUT2D eigenvalue weighted by Gasteiger charge is -2.36. The number of nitrogens with zero attached hydrogens (tertiary/aromatic N) is 6. The summed E-state index contributed by atoms with van der Waals surface area (Å²) in [5.41, 5.74) is 1.32. The summed E-state index contributed by atoms with van der Waals surface area (Å²) in [7, 11) is 3.57. The Bertz CT molecular complexity index is 1570. The first-order valence-corrected chi connectivity index (χ1v) is 13.9. The minimum atomic E-state index is -0.655. The van der Waals surface area contributed by atoms with Crippen molar-refractivity contribution in [1.82, 2.24) is 19.7 Å². The van der Waals surface area contributed by atoms with Crippen molar-refractivity contribution >= 4 is 50.0 Å². The average molecular weight is 612 g/mol. The van der Waals surface area contributed by atoms with E-state index >= 15 is 4.39 Å². The van der Waals surface area contributed by atoms with Gasteiger partial charge in [-0.15, -0.1) is 5.10 Å². The Morgan fingerprint density at radius 1 is 1.10 bits per heavy atom. The lowest BCUT2D eigenvalue weighted by atomic mass is 10.0. The highest BCUT2D eigenvalue weighted by molar-refractivity contribution is 9.10. The number of pyridine rings is 1. The smallest absolute Gasteiger partial charge is 0.416 e. The molecule has 0 saturated carbocycles. The Hall–Kier alpha value is -3.53. The van der Waals surface area contributed by atoms with Gasteiger partial charge in [-0.3, -0.25) is 4.90 Å². The maximum atomic E-state index is 16.0. The van der Waals surface area contributed by atoms with E-state index in [4.69, 9.17) is 4.74 Å². The molecule has 10 heteroatoms. The maximum absolute atomic E-state index is 16.0. The molecule has 4 rings (SSSR count). The number of anilines is 3. The molecule has 0 spiro atoms. The van der Waals surface area contributed by atoms with Crippen molar-refractivity contribution in [2.75, 3.05) is 16.8 Å². The summed E-state index contributed by atoms with van der Waals surface area (Å²) < 4.78 is 23.7. The lowest BCUT2D eigenvalue weighted by molar-refractivity contribution is 0.0549. The summed E-state index contributed by atoms with van der Waals surface area (Å²) in [4.78, 5) is 25.6. The molecule has 0 unspecified atom stereocenters. The minimum Gasteiger partial charge on any atom is -0.443 e. The molecule has 2 heterocycles. The number of carbonyl (C=O) groups is 1. The second-order valence-corrected chi connectivity index (χ2v) is 12.5. The first-order chi connectivity index (χ1) is 18.6. The molecule has 0 fully saturated rings. The van der Waals surface area contributed by atoms with Gasteiger partial charge < -0.3 is 9.64 Å².